The number of alkyl halides is 3. The van der Waals surface area contributed by atoms with Gasteiger partial charge >= 0.3 is 6.36 Å². The maximum atomic E-state index is 12.6. The van der Waals surface area contributed by atoms with Gasteiger partial charge in [-0.1, -0.05) is 18.6 Å². The molecule has 0 radical (unpaired) electrons. The standard InChI is InChI=1S/C20H27F3N2O2/c1-24(14-16-5-4-12-25-11-3-2-6-18(16)25)19(26)13-15-7-9-17(10-8-15)27-20(21,22)23/h7-10,16,18H,2-6,11-14H2,1H3. The lowest BCUT2D eigenvalue weighted by atomic mass is 9.83. The number of carbonyl (C=O) groups excluding carboxylic acids is 1. The topological polar surface area (TPSA) is 32.8 Å². The van der Waals surface area contributed by atoms with E-state index < -0.39 is 6.36 Å². The number of benzene rings is 1. The highest BCUT2D eigenvalue weighted by Gasteiger charge is 2.34. The number of carbonyl (C=O) groups is 1. The Morgan fingerprint density at radius 3 is 2.56 bits per heavy atom. The van der Waals surface area contributed by atoms with Crippen LogP contribution in [-0.4, -0.2) is 54.8 Å². The molecular formula is C20H27F3N2O2. The SMILES string of the molecule is CN(CC1CCCN2CCCCC12)C(=O)Cc1ccc(OC(F)(F)F)cc1. The molecule has 0 N–H and O–H groups in total. The number of fused-ring (bicyclic) bond motifs is 1. The third-order valence-corrected chi connectivity index (χ3v) is 5.68. The summed E-state index contributed by atoms with van der Waals surface area (Å²) in [6, 6.07) is 6.10. The predicted octanol–water partition coefficient (Wildman–Crippen LogP) is 3.85. The molecule has 0 saturated carbocycles. The molecule has 0 bridgehead atoms. The fraction of sp³-hybridized carbons (Fsp3) is 0.650. The van der Waals surface area contributed by atoms with Crippen LogP contribution in [0.15, 0.2) is 24.3 Å². The van der Waals surface area contributed by atoms with Crippen LogP contribution in [0.4, 0.5) is 13.2 Å². The van der Waals surface area contributed by atoms with Crippen LogP contribution in [0, 0.1) is 5.92 Å². The predicted molar refractivity (Wildman–Crippen MR) is 96.4 cm³/mol. The molecule has 3 rings (SSSR count). The lowest BCUT2D eigenvalue weighted by Gasteiger charge is -2.45. The van der Waals surface area contributed by atoms with Crippen molar-refractivity contribution in [3.05, 3.63) is 29.8 Å². The van der Waals surface area contributed by atoms with Crippen molar-refractivity contribution in [1.29, 1.82) is 0 Å². The van der Waals surface area contributed by atoms with Crippen molar-refractivity contribution < 1.29 is 22.7 Å². The van der Waals surface area contributed by atoms with Gasteiger partial charge < -0.3 is 14.5 Å². The maximum absolute atomic E-state index is 12.6. The van der Waals surface area contributed by atoms with E-state index in [1.54, 1.807) is 4.90 Å². The van der Waals surface area contributed by atoms with Gasteiger partial charge in [-0.2, -0.15) is 0 Å². The van der Waals surface area contributed by atoms with E-state index in [4.69, 9.17) is 0 Å². The van der Waals surface area contributed by atoms with E-state index in [2.05, 4.69) is 9.64 Å². The van der Waals surface area contributed by atoms with E-state index in [1.165, 1.54) is 63.0 Å². The fourth-order valence-corrected chi connectivity index (χ4v) is 4.36. The molecule has 0 aromatic heterocycles. The van der Waals surface area contributed by atoms with Gasteiger partial charge in [-0.15, -0.1) is 13.2 Å². The van der Waals surface area contributed by atoms with E-state index >= 15 is 0 Å². The van der Waals surface area contributed by atoms with E-state index in [0.717, 1.165) is 13.0 Å². The van der Waals surface area contributed by atoms with Gasteiger partial charge in [0.05, 0.1) is 6.42 Å². The molecule has 1 aromatic rings. The molecule has 150 valence electrons. The monoisotopic (exact) mass is 384 g/mol. The lowest BCUT2D eigenvalue weighted by Crippen LogP contribution is -2.51. The number of likely N-dealkylation sites (N-methyl/N-ethyl adjacent to an activating group) is 1. The molecule has 2 unspecified atom stereocenters. The third kappa shape index (κ3) is 5.61. The highest BCUT2D eigenvalue weighted by Crippen LogP contribution is 2.31. The summed E-state index contributed by atoms with van der Waals surface area (Å²) in [5.41, 5.74) is 0.685. The molecule has 2 heterocycles. The number of amides is 1. The minimum Gasteiger partial charge on any atom is -0.406 e. The third-order valence-electron chi connectivity index (χ3n) is 5.68. The van der Waals surface area contributed by atoms with Crippen LogP contribution < -0.4 is 4.74 Å². The molecule has 2 fully saturated rings. The first kappa shape index (κ1) is 20.0. The Labute approximate surface area is 158 Å². The number of nitrogens with zero attached hydrogens (tertiary/aromatic N) is 2. The van der Waals surface area contributed by atoms with Gasteiger partial charge in [-0.25, -0.2) is 0 Å². The maximum Gasteiger partial charge on any atom is 0.573 e. The quantitative estimate of drug-likeness (QED) is 0.773. The number of hydrogen-bond donors (Lipinski definition) is 0. The van der Waals surface area contributed by atoms with Crippen LogP contribution in [-0.2, 0) is 11.2 Å². The molecule has 27 heavy (non-hydrogen) atoms. The van der Waals surface area contributed by atoms with Crippen molar-refractivity contribution in [2.75, 3.05) is 26.7 Å². The minimum absolute atomic E-state index is 0.00702. The van der Waals surface area contributed by atoms with Gasteiger partial charge in [-0.05, 0) is 62.4 Å². The van der Waals surface area contributed by atoms with Crippen LogP contribution in [0.1, 0.15) is 37.7 Å². The second-order valence-corrected chi connectivity index (χ2v) is 7.64. The van der Waals surface area contributed by atoms with Crippen molar-refractivity contribution >= 4 is 5.91 Å². The summed E-state index contributed by atoms with van der Waals surface area (Å²) in [7, 11) is 1.82. The average molecular weight is 384 g/mol. The first-order valence-corrected chi connectivity index (χ1v) is 9.64. The van der Waals surface area contributed by atoms with Crippen molar-refractivity contribution in [3.63, 3.8) is 0 Å². The molecule has 2 saturated heterocycles. The number of rotatable bonds is 5. The van der Waals surface area contributed by atoms with Crippen molar-refractivity contribution in [1.82, 2.24) is 9.80 Å². The highest BCUT2D eigenvalue weighted by molar-refractivity contribution is 5.78. The Bertz CT molecular complexity index is 631. The highest BCUT2D eigenvalue weighted by atomic mass is 19.4. The first-order valence-electron chi connectivity index (χ1n) is 9.64. The summed E-state index contributed by atoms with van der Waals surface area (Å²) in [6.07, 6.45) is 1.57. The largest absolute Gasteiger partial charge is 0.573 e. The van der Waals surface area contributed by atoms with E-state index in [-0.39, 0.29) is 18.1 Å². The minimum atomic E-state index is -4.70. The molecular weight excluding hydrogens is 357 g/mol. The Hall–Kier alpha value is -1.76. The van der Waals surface area contributed by atoms with E-state index in [1.807, 2.05) is 7.05 Å². The normalized spacial score (nSPS) is 23.6. The van der Waals surface area contributed by atoms with Crippen LogP contribution >= 0.6 is 0 Å². The Morgan fingerprint density at radius 1 is 1.15 bits per heavy atom. The molecule has 0 spiro atoms. The summed E-state index contributed by atoms with van der Waals surface area (Å²) in [5, 5.41) is 0. The van der Waals surface area contributed by atoms with Gasteiger partial charge in [0.1, 0.15) is 5.75 Å². The molecule has 7 heteroatoms. The second-order valence-electron chi connectivity index (χ2n) is 7.64. The summed E-state index contributed by atoms with van der Waals surface area (Å²) in [6.45, 7) is 3.09. The van der Waals surface area contributed by atoms with Gasteiger partial charge in [0.25, 0.3) is 0 Å². The molecule has 4 nitrogen and oxygen atoms in total. The first-order chi connectivity index (χ1) is 12.8. The Morgan fingerprint density at radius 2 is 1.85 bits per heavy atom. The smallest absolute Gasteiger partial charge is 0.406 e. The van der Waals surface area contributed by atoms with Crippen molar-refractivity contribution in [3.8, 4) is 5.75 Å². The lowest BCUT2D eigenvalue weighted by molar-refractivity contribution is -0.274. The number of piperidine rings is 2. The van der Waals surface area contributed by atoms with Crippen molar-refractivity contribution in [2.45, 2.75) is 50.9 Å². The second kappa shape index (κ2) is 8.50. The summed E-state index contributed by atoms with van der Waals surface area (Å²) < 4.78 is 40.5. The average Bonchev–Trinajstić information content (AvgIpc) is 2.62. The van der Waals surface area contributed by atoms with Gasteiger partial charge in [0.15, 0.2) is 0 Å². The number of ether oxygens (including phenoxy) is 1. The van der Waals surface area contributed by atoms with Gasteiger partial charge in [0.2, 0.25) is 5.91 Å². The molecule has 1 amide bonds. The number of halogens is 3. The fourth-order valence-electron chi connectivity index (χ4n) is 4.36. The molecule has 2 atom stereocenters. The molecule has 1 aromatic carbocycles. The molecule has 2 aliphatic rings. The Kier molecular flexibility index (Phi) is 6.29. The van der Waals surface area contributed by atoms with Gasteiger partial charge in [-0.3, -0.25) is 4.79 Å². The van der Waals surface area contributed by atoms with Crippen LogP contribution in [0.3, 0.4) is 0 Å². The number of hydrogen-bond acceptors (Lipinski definition) is 3. The van der Waals surface area contributed by atoms with Crippen LogP contribution in [0.25, 0.3) is 0 Å². The van der Waals surface area contributed by atoms with Gasteiger partial charge in [0, 0.05) is 19.6 Å². The summed E-state index contributed by atoms with van der Waals surface area (Å²) in [5.74, 6) is 0.231. The zero-order chi connectivity index (χ0) is 19.4. The summed E-state index contributed by atoms with van der Waals surface area (Å²) >= 11 is 0. The van der Waals surface area contributed by atoms with Crippen LogP contribution in [0.2, 0.25) is 0 Å². The summed E-state index contributed by atoms with van der Waals surface area (Å²) in [4.78, 5) is 16.9. The van der Waals surface area contributed by atoms with Crippen molar-refractivity contribution in [2.24, 2.45) is 5.92 Å². The Balaban J connectivity index is 1.53. The molecule has 2 aliphatic heterocycles. The van der Waals surface area contributed by atoms with E-state index in [0.29, 0.717) is 17.5 Å². The zero-order valence-corrected chi connectivity index (χ0v) is 15.7. The van der Waals surface area contributed by atoms with Crippen LogP contribution in [0.5, 0.6) is 5.75 Å². The molecule has 0 aliphatic carbocycles. The zero-order valence-electron chi connectivity index (χ0n) is 15.7. The van der Waals surface area contributed by atoms with E-state index in [9.17, 15) is 18.0 Å².